The summed E-state index contributed by atoms with van der Waals surface area (Å²) in [6.07, 6.45) is 4.69. The van der Waals surface area contributed by atoms with Crippen LogP contribution in [0.3, 0.4) is 0 Å². The highest BCUT2D eigenvalue weighted by molar-refractivity contribution is 14.1. The fraction of sp³-hybridized carbons (Fsp3) is 0.0833. The van der Waals surface area contributed by atoms with Crippen molar-refractivity contribution in [1.29, 1.82) is 0 Å². The standard InChI is InChI=1S/C12H11IO2/c1-9(8-12(14)15)2-3-10-4-6-11(13)7-5-10/h2-8H,1H3,(H,14,15)/p-1. The van der Waals surface area contributed by atoms with Gasteiger partial charge in [-0.15, -0.1) is 0 Å². The number of carbonyl (C=O) groups excluding carboxylic acids is 1. The van der Waals surface area contributed by atoms with Crippen molar-refractivity contribution in [3.63, 3.8) is 0 Å². The predicted octanol–water partition coefficient (Wildman–Crippen LogP) is 2.00. The molecule has 0 spiro atoms. The number of halogens is 1. The topological polar surface area (TPSA) is 40.1 Å². The molecular weight excluding hydrogens is 303 g/mol. The first-order valence-corrected chi connectivity index (χ1v) is 5.49. The van der Waals surface area contributed by atoms with Gasteiger partial charge in [0.15, 0.2) is 0 Å². The molecular formula is C12H10IO2-. The summed E-state index contributed by atoms with van der Waals surface area (Å²) in [6.45, 7) is 1.72. The van der Waals surface area contributed by atoms with Gasteiger partial charge in [-0.1, -0.05) is 24.3 Å². The van der Waals surface area contributed by atoms with Crippen LogP contribution in [0.2, 0.25) is 0 Å². The Bertz CT molecular complexity index is 402. The average Bonchev–Trinajstić information content (AvgIpc) is 2.16. The Morgan fingerprint density at radius 3 is 2.47 bits per heavy atom. The summed E-state index contributed by atoms with van der Waals surface area (Å²) in [5.74, 6) is -1.17. The highest BCUT2D eigenvalue weighted by Gasteiger charge is 1.87. The summed E-state index contributed by atoms with van der Waals surface area (Å²) in [7, 11) is 0. The molecule has 0 radical (unpaired) electrons. The summed E-state index contributed by atoms with van der Waals surface area (Å²) in [4.78, 5) is 10.2. The highest BCUT2D eigenvalue weighted by atomic mass is 127. The zero-order valence-electron chi connectivity index (χ0n) is 8.24. The molecule has 0 heterocycles. The Morgan fingerprint density at radius 2 is 1.93 bits per heavy atom. The molecule has 0 saturated carbocycles. The Morgan fingerprint density at radius 1 is 1.33 bits per heavy atom. The van der Waals surface area contributed by atoms with Gasteiger partial charge in [-0.05, 0) is 58.9 Å². The Balaban J connectivity index is 2.73. The first-order chi connectivity index (χ1) is 7.08. The predicted molar refractivity (Wildman–Crippen MR) is 67.0 cm³/mol. The summed E-state index contributed by atoms with van der Waals surface area (Å²) < 4.78 is 1.17. The number of carboxylic acid groups (broad SMARTS) is 1. The number of hydrogen-bond donors (Lipinski definition) is 0. The van der Waals surface area contributed by atoms with Crippen molar-refractivity contribution in [3.05, 3.63) is 51.1 Å². The van der Waals surface area contributed by atoms with Crippen molar-refractivity contribution < 1.29 is 9.90 Å². The second kappa shape index (κ2) is 5.70. The van der Waals surface area contributed by atoms with Crippen LogP contribution < -0.4 is 5.11 Å². The number of carbonyl (C=O) groups is 1. The van der Waals surface area contributed by atoms with E-state index >= 15 is 0 Å². The van der Waals surface area contributed by atoms with Crippen molar-refractivity contribution in [2.75, 3.05) is 0 Å². The van der Waals surface area contributed by atoms with Crippen LogP contribution in [0, 0.1) is 3.57 Å². The maximum absolute atomic E-state index is 10.2. The van der Waals surface area contributed by atoms with Gasteiger partial charge in [0.2, 0.25) is 0 Å². The van der Waals surface area contributed by atoms with E-state index in [4.69, 9.17) is 0 Å². The first-order valence-electron chi connectivity index (χ1n) is 4.41. The van der Waals surface area contributed by atoms with Crippen molar-refractivity contribution in [2.45, 2.75) is 6.92 Å². The van der Waals surface area contributed by atoms with E-state index in [-0.39, 0.29) is 0 Å². The first kappa shape index (κ1) is 12.0. The van der Waals surface area contributed by atoms with Crippen LogP contribution in [0.5, 0.6) is 0 Å². The molecule has 0 saturated heterocycles. The maximum atomic E-state index is 10.2. The number of aliphatic carboxylic acids is 1. The van der Waals surface area contributed by atoms with E-state index in [0.29, 0.717) is 5.57 Å². The van der Waals surface area contributed by atoms with Gasteiger partial charge in [0, 0.05) is 3.57 Å². The molecule has 0 unspecified atom stereocenters. The molecule has 0 aliphatic heterocycles. The van der Waals surface area contributed by atoms with Gasteiger partial charge in [0.1, 0.15) is 0 Å². The van der Waals surface area contributed by atoms with Crippen LogP contribution in [0.15, 0.2) is 42.0 Å². The second-order valence-electron chi connectivity index (χ2n) is 3.09. The van der Waals surface area contributed by atoms with Crippen molar-refractivity contribution in [1.82, 2.24) is 0 Å². The van der Waals surface area contributed by atoms with Crippen molar-refractivity contribution in [3.8, 4) is 0 Å². The third kappa shape index (κ3) is 4.78. The zero-order chi connectivity index (χ0) is 11.3. The normalized spacial score (nSPS) is 12.0. The van der Waals surface area contributed by atoms with E-state index < -0.39 is 5.97 Å². The van der Waals surface area contributed by atoms with Gasteiger partial charge < -0.3 is 9.90 Å². The van der Waals surface area contributed by atoms with Crippen LogP contribution >= 0.6 is 22.6 Å². The molecule has 0 fully saturated rings. The number of rotatable bonds is 3. The lowest BCUT2D eigenvalue weighted by atomic mass is 10.1. The fourth-order valence-electron chi connectivity index (χ4n) is 1.04. The molecule has 3 heteroatoms. The molecule has 2 nitrogen and oxygen atoms in total. The average molecular weight is 313 g/mol. The third-order valence-corrected chi connectivity index (χ3v) is 2.47. The van der Waals surface area contributed by atoms with Crippen LogP contribution in [-0.4, -0.2) is 5.97 Å². The van der Waals surface area contributed by atoms with Gasteiger partial charge in [-0.2, -0.15) is 0 Å². The summed E-state index contributed by atoms with van der Waals surface area (Å²) in [5.41, 5.74) is 1.70. The Labute approximate surface area is 102 Å². The van der Waals surface area contributed by atoms with Gasteiger partial charge >= 0.3 is 0 Å². The van der Waals surface area contributed by atoms with E-state index in [1.807, 2.05) is 30.3 Å². The molecule has 0 bridgehead atoms. The second-order valence-corrected chi connectivity index (χ2v) is 4.34. The molecule has 0 atom stereocenters. The van der Waals surface area contributed by atoms with Crippen molar-refractivity contribution >= 4 is 34.6 Å². The molecule has 0 amide bonds. The number of allylic oxidation sites excluding steroid dienone is 2. The molecule has 1 rings (SSSR count). The monoisotopic (exact) mass is 313 g/mol. The molecule has 0 aliphatic rings. The van der Waals surface area contributed by atoms with Crippen molar-refractivity contribution in [2.24, 2.45) is 0 Å². The third-order valence-electron chi connectivity index (χ3n) is 1.75. The Hall–Kier alpha value is -1.10. The minimum absolute atomic E-state index is 0.661. The lowest BCUT2D eigenvalue weighted by Crippen LogP contribution is -2.19. The van der Waals surface area contributed by atoms with E-state index in [0.717, 1.165) is 11.6 Å². The van der Waals surface area contributed by atoms with Crippen LogP contribution in [0.4, 0.5) is 0 Å². The number of carboxylic acids is 1. The molecule has 0 N–H and O–H groups in total. The van der Waals surface area contributed by atoms with E-state index in [2.05, 4.69) is 22.6 Å². The summed E-state index contributed by atoms with van der Waals surface area (Å²) in [5, 5.41) is 10.2. The quantitative estimate of drug-likeness (QED) is 0.486. The van der Waals surface area contributed by atoms with Gasteiger partial charge in [-0.3, -0.25) is 0 Å². The number of hydrogen-bond acceptors (Lipinski definition) is 2. The SMILES string of the molecule is CC(C=Cc1ccc(I)cc1)=CC(=O)[O-]. The highest BCUT2D eigenvalue weighted by Crippen LogP contribution is 2.09. The molecule has 1 aromatic rings. The fourth-order valence-corrected chi connectivity index (χ4v) is 1.40. The maximum Gasteiger partial charge on any atom is 0.0645 e. The zero-order valence-corrected chi connectivity index (χ0v) is 10.4. The smallest absolute Gasteiger partial charge is 0.0645 e. The van der Waals surface area contributed by atoms with E-state index in [1.165, 1.54) is 3.57 Å². The minimum atomic E-state index is -1.17. The molecule has 78 valence electrons. The molecule has 0 aromatic heterocycles. The van der Waals surface area contributed by atoms with E-state index in [9.17, 15) is 9.90 Å². The molecule has 0 aliphatic carbocycles. The van der Waals surface area contributed by atoms with Crippen LogP contribution in [0.1, 0.15) is 12.5 Å². The lowest BCUT2D eigenvalue weighted by molar-refractivity contribution is -0.297. The summed E-state index contributed by atoms with van der Waals surface area (Å²) in [6, 6.07) is 7.95. The summed E-state index contributed by atoms with van der Waals surface area (Å²) >= 11 is 2.23. The lowest BCUT2D eigenvalue weighted by Gasteiger charge is -1.96. The van der Waals surface area contributed by atoms with Crippen LogP contribution in [-0.2, 0) is 4.79 Å². The number of benzene rings is 1. The minimum Gasteiger partial charge on any atom is -0.545 e. The van der Waals surface area contributed by atoms with Gasteiger partial charge in [0.05, 0.1) is 5.97 Å². The molecule has 15 heavy (non-hydrogen) atoms. The van der Waals surface area contributed by atoms with Gasteiger partial charge in [0.25, 0.3) is 0 Å². The molecule has 1 aromatic carbocycles. The van der Waals surface area contributed by atoms with E-state index in [1.54, 1.807) is 13.0 Å². The van der Waals surface area contributed by atoms with Gasteiger partial charge in [-0.25, -0.2) is 0 Å². The largest absolute Gasteiger partial charge is 0.545 e. The Kier molecular flexibility index (Phi) is 4.55. The van der Waals surface area contributed by atoms with Crippen LogP contribution in [0.25, 0.3) is 6.08 Å².